The Balaban J connectivity index is 0.00000306. The number of hydrogen-bond donors (Lipinski definition) is 4. The fraction of sp³-hybridized carbons (Fsp3) is 0.727. The Labute approximate surface area is 214 Å². The van der Waals surface area contributed by atoms with Gasteiger partial charge in [-0.15, -0.1) is 0 Å². The van der Waals surface area contributed by atoms with Gasteiger partial charge in [0.2, 0.25) is 0 Å². The van der Waals surface area contributed by atoms with E-state index in [0.29, 0.717) is 24.8 Å². The molecule has 11 heteroatoms. The minimum Gasteiger partial charge on any atom is -0.390 e. The number of fused-ring (bicyclic) bond motifs is 5. The Bertz CT molecular complexity index is 979. The van der Waals surface area contributed by atoms with E-state index in [1.165, 1.54) is 18.2 Å². The first-order valence-electron chi connectivity index (χ1n) is 10.9. The Hall–Kier alpha value is -0.220. The first kappa shape index (κ1) is 27.4. The minimum atomic E-state index is -4.93. The van der Waals surface area contributed by atoms with Crippen LogP contribution in [0.15, 0.2) is 23.8 Å². The van der Waals surface area contributed by atoms with E-state index in [4.69, 9.17) is 9.79 Å². The molecule has 4 N–H and O–H groups in total. The van der Waals surface area contributed by atoms with Gasteiger partial charge in [0.1, 0.15) is 12.2 Å². The summed E-state index contributed by atoms with van der Waals surface area (Å²) in [5, 5.41) is 22.8. The first-order chi connectivity index (χ1) is 14.6. The molecule has 8 nitrogen and oxygen atoms in total. The molecule has 178 valence electrons. The molecule has 3 fully saturated rings. The van der Waals surface area contributed by atoms with Gasteiger partial charge in [0.15, 0.2) is 17.2 Å². The predicted molar refractivity (Wildman–Crippen MR) is 111 cm³/mol. The van der Waals surface area contributed by atoms with Crippen molar-refractivity contribution in [3.8, 4) is 0 Å². The van der Waals surface area contributed by atoms with Crippen LogP contribution in [-0.2, 0) is 18.7 Å². The van der Waals surface area contributed by atoms with Gasteiger partial charge in [-0.3, -0.25) is 14.1 Å². The molecule has 0 heterocycles. The van der Waals surface area contributed by atoms with Crippen LogP contribution >= 0.6 is 7.82 Å². The Morgan fingerprint density at radius 2 is 1.94 bits per heavy atom. The quantitative estimate of drug-likeness (QED) is 0.288. The molecule has 4 aliphatic carbocycles. The van der Waals surface area contributed by atoms with Gasteiger partial charge in [-0.2, -0.15) is 0 Å². The monoisotopic (exact) mass is 495 g/mol. The third-order valence-corrected chi connectivity index (χ3v) is 9.48. The summed E-state index contributed by atoms with van der Waals surface area (Å²) in [6.07, 6.45) is 3.70. The van der Waals surface area contributed by atoms with E-state index in [1.54, 1.807) is 20.8 Å². The number of aliphatic hydroxyl groups is 2. The number of aliphatic hydroxyl groups excluding tert-OH is 1. The smallest absolute Gasteiger partial charge is 0.390 e. The number of allylic oxidation sites excluding steroid dienone is 4. The number of alkyl halides is 1. The van der Waals surface area contributed by atoms with Gasteiger partial charge in [0, 0.05) is 16.7 Å². The maximum Gasteiger partial charge on any atom is 1.00 e. The van der Waals surface area contributed by atoms with E-state index in [9.17, 15) is 24.4 Å². The molecule has 0 bridgehead atoms. The van der Waals surface area contributed by atoms with Crippen molar-refractivity contribution < 1.29 is 72.6 Å². The second-order valence-corrected chi connectivity index (χ2v) is 11.6. The number of carbonyl (C=O) groups is 2. The summed E-state index contributed by atoms with van der Waals surface area (Å²) >= 11 is 0. The van der Waals surface area contributed by atoms with Crippen molar-refractivity contribution in [2.24, 2.45) is 28.6 Å². The molecule has 0 saturated heterocycles. The van der Waals surface area contributed by atoms with Crippen molar-refractivity contribution in [3.63, 3.8) is 0 Å². The maximum absolute atomic E-state index is 17.0. The molecule has 0 amide bonds. The zero-order valence-corrected chi connectivity index (χ0v) is 22.2. The summed E-state index contributed by atoms with van der Waals surface area (Å²) < 4.78 is 32.5. The summed E-state index contributed by atoms with van der Waals surface area (Å²) in [5.41, 5.74) is -5.88. The molecule has 2 unspecified atom stereocenters. The van der Waals surface area contributed by atoms with Crippen LogP contribution in [0.3, 0.4) is 0 Å². The van der Waals surface area contributed by atoms with Gasteiger partial charge in [0.25, 0.3) is 0 Å². The summed E-state index contributed by atoms with van der Waals surface area (Å²) in [6, 6.07) is 0. The van der Waals surface area contributed by atoms with Crippen LogP contribution in [0.5, 0.6) is 0 Å². The number of hydrogen-bond acceptors (Lipinski definition) is 6. The van der Waals surface area contributed by atoms with Crippen molar-refractivity contribution in [1.29, 1.82) is 0 Å². The van der Waals surface area contributed by atoms with E-state index < -0.39 is 66.2 Å². The van der Waals surface area contributed by atoms with Gasteiger partial charge in [0.05, 0.1) is 6.10 Å². The van der Waals surface area contributed by atoms with Gasteiger partial charge in [-0.25, -0.2) is 8.96 Å². The third-order valence-electron chi connectivity index (χ3n) is 9.01. The van der Waals surface area contributed by atoms with E-state index >= 15 is 4.39 Å². The topological polar surface area (TPSA) is 141 Å². The van der Waals surface area contributed by atoms with Crippen molar-refractivity contribution in [2.75, 3.05) is 6.61 Å². The van der Waals surface area contributed by atoms with Crippen molar-refractivity contribution in [2.45, 2.75) is 63.8 Å². The molecule has 0 spiro atoms. The molecule has 3 saturated carbocycles. The van der Waals surface area contributed by atoms with E-state index in [1.807, 2.05) is 0 Å². The molecular formula is C22H30FNaO8P+. The fourth-order valence-electron chi connectivity index (χ4n) is 7.39. The number of phosphoric acid groups is 1. The van der Waals surface area contributed by atoms with Gasteiger partial charge in [-0.05, 0) is 56.6 Å². The van der Waals surface area contributed by atoms with Gasteiger partial charge in [-0.1, -0.05) is 25.5 Å². The van der Waals surface area contributed by atoms with Crippen LogP contribution in [0.4, 0.5) is 4.39 Å². The first-order valence-corrected chi connectivity index (χ1v) is 12.4. The Kier molecular flexibility index (Phi) is 6.99. The fourth-order valence-corrected chi connectivity index (χ4v) is 7.68. The molecule has 0 aliphatic heterocycles. The zero-order chi connectivity index (χ0) is 23.9. The standard InChI is InChI=1S/C22H30FO8P.Na/c1-12-8-16-15-5-4-13-9-14(24)6-7-19(13,2)21(15,23)17(25)10-20(16,3)22(12,27)18(26)11-31-32(28,29)30;/h6-7,9,12,15-17,25,27H,4-5,8,10-11H2,1-3H3,(H2,28,29,30);/q;+1/t12-,15?,16?,17-,19-,20-,21-,22-;/m0./s1. The van der Waals surface area contributed by atoms with Crippen LogP contribution in [-0.4, -0.2) is 55.5 Å². The molecule has 0 radical (unpaired) electrons. The number of halogens is 1. The average molecular weight is 495 g/mol. The van der Waals surface area contributed by atoms with Crippen LogP contribution in [0.25, 0.3) is 0 Å². The molecular weight excluding hydrogens is 465 g/mol. The van der Waals surface area contributed by atoms with Gasteiger partial charge >= 0.3 is 37.4 Å². The second-order valence-electron chi connectivity index (χ2n) is 10.4. The molecule has 8 atom stereocenters. The maximum atomic E-state index is 17.0. The zero-order valence-electron chi connectivity index (χ0n) is 19.3. The molecule has 4 rings (SSSR count). The molecule has 0 aromatic heterocycles. The minimum absolute atomic E-state index is 0. The largest absolute Gasteiger partial charge is 1.00 e. The predicted octanol–water partition coefficient (Wildman–Crippen LogP) is -0.983. The number of Topliss-reactive ketones (excluding diaryl/α,β-unsaturated/α-hetero) is 1. The van der Waals surface area contributed by atoms with Crippen molar-refractivity contribution >= 4 is 19.4 Å². The van der Waals surface area contributed by atoms with Crippen molar-refractivity contribution in [3.05, 3.63) is 23.8 Å². The number of phosphoric ester groups is 1. The van der Waals surface area contributed by atoms with Crippen LogP contribution in [0, 0.1) is 28.6 Å². The Morgan fingerprint density at radius 3 is 2.55 bits per heavy atom. The SMILES string of the molecule is C[C@H]1CC2C3CCC4=CC(=O)C=C[C@]4(C)[C@@]3(F)[C@@H](O)C[C@]2(C)[C@@]1(O)C(=O)COP(=O)(O)O.[Na+]. The molecule has 0 aromatic carbocycles. The number of ketones is 2. The Morgan fingerprint density at radius 1 is 1.30 bits per heavy atom. The number of carbonyl (C=O) groups excluding carboxylic acids is 2. The average Bonchev–Trinajstić information content (AvgIpc) is 2.89. The summed E-state index contributed by atoms with van der Waals surface area (Å²) in [7, 11) is -4.93. The summed E-state index contributed by atoms with van der Waals surface area (Å²) in [5.74, 6) is -2.87. The normalized spacial score (nSPS) is 46.5. The van der Waals surface area contributed by atoms with Crippen LogP contribution in [0.2, 0.25) is 0 Å². The van der Waals surface area contributed by atoms with Crippen LogP contribution in [0.1, 0.15) is 46.5 Å². The summed E-state index contributed by atoms with van der Waals surface area (Å²) in [6.45, 7) is 4.00. The third kappa shape index (κ3) is 3.66. The summed E-state index contributed by atoms with van der Waals surface area (Å²) in [4.78, 5) is 42.8. The second kappa shape index (κ2) is 8.43. The van der Waals surface area contributed by atoms with E-state index in [2.05, 4.69) is 4.52 Å². The molecule has 33 heavy (non-hydrogen) atoms. The van der Waals surface area contributed by atoms with Crippen LogP contribution < -0.4 is 29.6 Å². The van der Waals surface area contributed by atoms with Gasteiger partial charge < -0.3 is 20.0 Å². The molecule has 4 aliphatic rings. The molecule has 0 aromatic rings. The van der Waals surface area contributed by atoms with Crippen molar-refractivity contribution in [1.82, 2.24) is 0 Å². The van der Waals surface area contributed by atoms with E-state index in [0.717, 1.165) is 0 Å². The van der Waals surface area contributed by atoms with E-state index in [-0.39, 0.29) is 41.8 Å². The number of rotatable bonds is 4.